The molecule has 1 fully saturated rings. The van der Waals surface area contributed by atoms with Gasteiger partial charge in [-0.25, -0.2) is 17.7 Å². The van der Waals surface area contributed by atoms with Gasteiger partial charge in [0.25, 0.3) is 0 Å². The molecular weight excluding hydrogens is 382 g/mol. The number of rotatable bonds is 6. The van der Waals surface area contributed by atoms with Crippen molar-refractivity contribution in [2.75, 3.05) is 24.2 Å². The highest BCUT2D eigenvalue weighted by molar-refractivity contribution is 7.89. The van der Waals surface area contributed by atoms with Crippen LogP contribution in [0.25, 0.3) is 11.3 Å². The molecule has 6 nitrogen and oxygen atoms in total. The lowest BCUT2D eigenvalue weighted by molar-refractivity contribution is -0.120. The van der Waals surface area contributed by atoms with Gasteiger partial charge in [-0.15, -0.1) is 11.3 Å². The smallest absolute Gasteiger partial charge is 0.230 e. The summed E-state index contributed by atoms with van der Waals surface area (Å²) in [5, 5.41) is 5.35. The molecule has 0 spiro atoms. The highest BCUT2D eigenvalue weighted by Crippen LogP contribution is 2.28. The zero-order valence-electron chi connectivity index (χ0n) is 15.6. The summed E-state index contributed by atoms with van der Waals surface area (Å²) in [4.78, 5) is 17.2. The van der Waals surface area contributed by atoms with Crippen LogP contribution in [-0.4, -0.2) is 42.5 Å². The van der Waals surface area contributed by atoms with Crippen LogP contribution < -0.4 is 5.32 Å². The van der Waals surface area contributed by atoms with Gasteiger partial charge in [-0.1, -0.05) is 31.2 Å². The van der Waals surface area contributed by atoms with Gasteiger partial charge in [-0.3, -0.25) is 4.79 Å². The minimum Gasteiger partial charge on any atom is -0.302 e. The second kappa shape index (κ2) is 8.50. The molecule has 146 valence electrons. The van der Waals surface area contributed by atoms with Crippen molar-refractivity contribution >= 4 is 32.4 Å². The van der Waals surface area contributed by atoms with Gasteiger partial charge in [-0.2, -0.15) is 0 Å². The summed E-state index contributed by atoms with van der Waals surface area (Å²) in [6.07, 6.45) is 1.98. The summed E-state index contributed by atoms with van der Waals surface area (Å²) < 4.78 is 26.0. The number of nitrogens with one attached hydrogen (secondary N) is 1. The van der Waals surface area contributed by atoms with Crippen LogP contribution in [0.4, 0.5) is 5.13 Å². The van der Waals surface area contributed by atoms with Gasteiger partial charge in [0.05, 0.1) is 17.4 Å². The van der Waals surface area contributed by atoms with Crippen LogP contribution in [0.3, 0.4) is 0 Å². The van der Waals surface area contributed by atoms with E-state index in [1.54, 1.807) is 0 Å². The number of nitrogens with zero attached hydrogens (tertiary/aromatic N) is 2. The van der Waals surface area contributed by atoms with Crippen molar-refractivity contribution in [3.05, 3.63) is 35.2 Å². The summed E-state index contributed by atoms with van der Waals surface area (Å²) >= 11 is 1.38. The number of benzene rings is 1. The van der Waals surface area contributed by atoms with E-state index in [-0.39, 0.29) is 24.1 Å². The first-order valence-corrected chi connectivity index (χ1v) is 11.7. The van der Waals surface area contributed by atoms with Gasteiger partial charge in [0.1, 0.15) is 0 Å². The molecule has 8 heteroatoms. The predicted molar refractivity (Wildman–Crippen MR) is 109 cm³/mol. The molecule has 1 aliphatic heterocycles. The molecule has 2 heterocycles. The van der Waals surface area contributed by atoms with Gasteiger partial charge >= 0.3 is 0 Å². The monoisotopic (exact) mass is 407 g/mol. The molecule has 3 rings (SSSR count). The standard InChI is InChI=1S/C19H25N3O3S2/c1-3-11-27(24,25)22-10-6-8-15(12-22)18(23)21-19-20-17(13-26-19)16-9-5-4-7-14(16)2/h4-5,7,9,13,15H,3,6,8,10-12H2,1-2H3,(H,20,21,23). The Morgan fingerprint density at radius 3 is 2.89 bits per heavy atom. The molecular formula is C19H25N3O3S2. The number of aromatic nitrogens is 1. The number of carbonyl (C=O) groups excluding carboxylic acids is 1. The second-order valence-electron chi connectivity index (χ2n) is 6.86. The van der Waals surface area contributed by atoms with Crippen LogP contribution in [0, 0.1) is 12.8 Å². The van der Waals surface area contributed by atoms with E-state index < -0.39 is 10.0 Å². The number of anilines is 1. The van der Waals surface area contributed by atoms with E-state index in [9.17, 15) is 13.2 Å². The second-order valence-corrected chi connectivity index (χ2v) is 9.80. The Bertz CT molecular complexity index is 908. The number of thiazole rings is 1. The molecule has 0 bridgehead atoms. The molecule has 1 N–H and O–H groups in total. The number of piperidine rings is 1. The van der Waals surface area contributed by atoms with Gasteiger partial charge in [-0.05, 0) is 31.7 Å². The first-order valence-electron chi connectivity index (χ1n) is 9.21. The molecule has 0 aliphatic carbocycles. The van der Waals surface area contributed by atoms with E-state index in [4.69, 9.17) is 0 Å². The van der Waals surface area contributed by atoms with Crippen molar-refractivity contribution in [2.45, 2.75) is 33.1 Å². The molecule has 1 atom stereocenters. The summed E-state index contributed by atoms with van der Waals surface area (Å²) in [6.45, 7) is 4.63. The van der Waals surface area contributed by atoms with E-state index >= 15 is 0 Å². The Morgan fingerprint density at radius 1 is 1.37 bits per heavy atom. The number of amides is 1. The zero-order valence-corrected chi connectivity index (χ0v) is 17.3. The van der Waals surface area contributed by atoms with E-state index in [2.05, 4.69) is 10.3 Å². The molecule has 0 saturated carbocycles. The van der Waals surface area contributed by atoms with Crippen LogP contribution in [0.5, 0.6) is 0 Å². The van der Waals surface area contributed by atoms with Crippen molar-refractivity contribution < 1.29 is 13.2 Å². The lowest BCUT2D eigenvalue weighted by Gasteiger charge is -2.30. The fourth-order valence-corrected chi connectivity index (χ4v) is 5.62. The van der Waals surface area contributed by atoms with Crippen LogP contribution in [0.2, 0.25) is 0 Å². The highest BCUT2D eigenvalue weighted by atomic mass is 32.2. The lowest BCUT2D eigenvalue weighted by atomic mass is 9.99. The average Bonchev–Trinajstić information content (AvgIpc) is 3.10. The Morgan fingerprint density at radius 2 is 2.15 bits per heavy atom. The molecule has 0 radical (unpaired) electrons. The first-order chi connectivity index (χ1) is 12.9. The Labute approximate surface area is 164 Å². The topological polar surface area (TPSA) is 79.4 Å². The largest absolute Gasteiger partial charge is 0.302 e. The molecule has 1 aliphatic rings. The fourth-order valence-electron chi connectivity index (χ4n) is 3.32. The minimum absolute atomic E-state index is 0.133. The van der Waals surface area contributed by atoms with Crippen LogP contribution in [0.1, 0.15) is 31.7 Å². The van der Waals surface area contributed by atoms with E-state index in [1.165, 1.54) is 15.6 Å². The predicted octanol–water partition coefficient (Wildman–Crippen LogP) is 3.51. The Hall–Kier alpha value is -1.77. The third-order valence-electron chi connectivity index (χ3n) is 4.77. The van der Waals surface area contributed by atoms with Gasteiger partial charge in [0.2, 0.25) is 15.9 Å². The summed E-state index contributed by atoms with van der Waals surface area (Å²) in [6, 6.07) is 7.98. The maximum atomic E-state index is 12.6. The van der Waals surface area contributed by atoms with E-state index in [0.717, 1.165) is 16.8 Å². The number of sulfonamides is 1. The lowest BCUT2D eigenvalue weighted by Crippen LogP contribution is -2.44. The van der Waals surface area contributed by atoms with Crippen molar-refractivity contribution in [1.82, 2.24) is 9.29 Å². The maximum absolute atomic E-state index is 12.6. The van der Waals surface area contributed by atoms with Crippen molar-refractivity contribution in [3.8, 4) is 11.3 Å². The normalized spacial score (nSPS) is 18.4. The Kier molecular flexibility index (Phi) is 6.29. The summed E-state index contributed by atoms with van der Waals surface area (Å²) in [7, 11) is -3.27. The number of carbonyl (C=O) groups is 1. The maximum Gasteiger partial charge on any atom is 0.230 e. The summed E-state index contributed by atoms with van der Waals surface area (Å²) in [5.41, 5.74) is 3.01. The number of aryl methyl sites for hydroxylation is 1. The molecule has 1 amide bonds. The average molecular weight is 408 g/mol. The first kappa shape index (κ1) is 20.0. The van der Waals surface area contributed by atoms with Gasteiger partial charge in [0, 0.05) is 24.0 Å². The number of hydrogen-bond acceptors (Lipinski definition) is 5. The SMILES string of the molecule is CCCS(=O)(=O)N1CCCC(C(=O)Nc2nc(-c3ccccc3C)cs2)C1. The molecule has 1 aromatic heterocycles. The van der Waals surface area contributed by atoms with Crippen LogP contribution in [0.15, 0.2) is 29.6 Å². The van der Waals surface area contributed by atoms with Crippen molar-refractivity contribution in [2.24, 2.45) is 5.92 Å². The van der Waals surface area contributed by atoms with Crippen molar-refractivity contribution in [3.63, 3.8) is 0 Å². The molecule has 1 saturated heterocycles. The van der Waals surface area contributed by atoms with Gasteiger partial charge in [0.15, 0.2) is 5.13 Å². The molecule has 2 aromatic rings. The zero-order chi connectivity index (χ0) is 19.4. The fraction of sp³-hybridized carbons (Fsp3) is 0.474. The molecule has 1 unspecified atom stereocenters. The summed E-state index contributed by atoms with van der Waals surface area (Å²) in [5.74, 6) is -0.360. The van der Waals surface area contributed by atoms with Gasteiger partial charge < -0.3 is 5.32 Å². The molecule has 1 aromatic carbocycles. The number of hydrogen-bond donors (Lipinski definition) is 1. The third-order valence-corrected chi connectivity index (χ3v) is 7.57. The highest BCUT2D eigenvalue weighted by Gasteiger charge is 2.32. The third kappa shape index (κ3) is 4.75. The minimum atomic E-state index is -3.27. The molecule has 27 heavy (non-hydrogen) atoms. The van der Waals surface area contributed by atoms with Crippen LogP contribution >= 0.6 is 11.3 Å². The van der Waals surface area contributed by atoms with E-state index in [1.807, 2.05) is 43.5 Å². The van der Waals surface area contributed by atoms with Crippen LogP contribution in [-0.2, 0) is 14.8 Å². The van der Waals surface area contributed by atoms with Crippen molar-refractivity contribution in [1.29, 1.82) is 0 Å². The quantitative estimate of drug-likeness (QED) is 0.795. The Balaban J connectivity index is 1.66. The van der Waals surface area contributed by atoms with E-state index in [0.29, 0.717) is 30.9 Å².